The van der Waals surface area contributed by atoms with E-state index in [-0.39, 0.29) is 29.3 Å². The van der Waals surface area contributed by atoms with Gasteiger partial charge in [-0.3, -0.25) is 4.79 Å². The summed E-state index contributed by atoms with van der Waals surface area (Å²) in [4.78, 5) is 30.1. The Balaban J connectivity index is 1.54. The van der Waals surface area contributed by atoms with Crippen LogP contribution >= 0.6 is 11.6 Å². The lowest BCUT2D eigenvalue weighted by Crippen LogP contribution is -2.47. The lowest BCUT2D eigenvalue weighted by atomic mass is 9.70. The molecule has 2 aliphatic heterocycles. The Kier molecular flexibility index (Phi) is 11.8. The first-order chi connectivity index (χ1) is 23.3. The monoisotopic (exact) mass is 716 g/mol. The Labute approximate surface area is 295 Å². The van der Waals surface area contributed by atoms with E-state index in [2.05, 4.69) is 27.9 Å². The number of hydrogen-bond donors (Lipinski definition) is 2. The van der Waals surface area contributed by atoms with E-state index in [9.17, 15) is 18.0 Å². The molecule has 0 saturated heterocycles. The first-order valence-electron chi connectivity index (χ1n) is 17.1. The number of fused-ring (bicyclic) bond motifs is 2. The molecule has 0 aromatic heterocycles. The predicted molar refractivity (Wildman–Crippen MR) is 190 cm³/mol. The molecule has 2 N–H and O–H groups in total. The third-order valence-electron chi connectivity index (χ3n) is 9.77. The van der Waals surface area contributed by atoms with Gasteiger partial charge in [0.05, 0.1) is 23.8 Å². The fraction of sp³-hybridized carbons (Fsp3) is 0.556. The molecule has 1 fully saturated rings. The lowest BCUT2D eigenvalue weighted by molar-refractivity contribution is -0.139. The van der Waals surface area contributed by atoms with Gasteiger partial charge in [-0.2, -0.15) is 0 Å². The van der Waals surface area contributed by atoms with Gasteiger partial charge in [-0.1, -0.05) is 37.1 Å². The number of anilines is 1. The fourth-order valence-electron chi connectivity index (χ4n) is 6.66. The van der Waals surface area contributed by atoms with Gasteiger partial charge in [-0.25, -0.2) is 17.9 Å². The van der Waals surface area contributed by atoms with E-state index < -0.39 is 33.7 Å². The lowest BCUT2D eigenvalue weighted by Gasteiger charge is -2.43. The molecule has 268 valence electrons. The summed E-state index contributed by atoms with van der Waals surface area (Å²) >= 11 is 6.42. The summed E-state index contributed by atoms with van der Waals surface area (Å²) < 4.78 is 47.7. The van der Waals surface area contributed by atoms with Crippen LogP contribution in [0.1, 0.15) is 57.1 Å². The van der Waals surface area contributed by atoms with Crippen molar-refractivity contribution in [2.75, 3.05) is 58.4 Å². The van der Waals surface area contributed by atoms with Crippen molar-refractivity contribution < 1.29 is 32.2 Å². The summed E-state index contributed by atoms with van der Waals surface area (Å²) in [6.07, 6.45) is 6.24. The van der Waals surface area contributed by atoms with E-state index in [1.807, 2.05) is 25.3 Å². The Bertz CT molecular complexity index is 1650. The summed E-state index contributed by atoms with van der Waals surface area (Å²) in [5.41, 5.74) is 1.49. The first-order valence-corrected chi connectivity index (χ1v) is 18.9. The SMILES string of the molecule is CCCc1cc(Cl)ccc1[C@@H]1COc2ccc3cc2N(CC2CC[C@H]2[C@@H](OC(=O)N(C)CCNC)C=CCOC(C)(C)C(=O)NS3(=O)=O)C1. The molecule has 2 heterocycles. The van der Waals surface area contributed by atoms with Crippen LogP contribution in [-0.4, -0.2) is 90.5 Å². The molecule has 13 heteroatoms. The van der Waals surface area contributed by atoms with Crippen molar-refractivity contribution in [3.05, 3.63) is 64.7 Å². The van der Waals surface area contributed by atoms with E-state index in [1.165, 1.54) is 25.5 Å². The Hall–Kier alpha value is -3.32. The minimum absolute atomic E-state index is 0.0197. The second kappa shape index (κ2) is 15.7. The minimum atomic E-state index is -4.24. The Morgan fingerprint density at radius 1 is 1.18 bits per heavy atom. The van der Waals surface area contributed by atoms with Crippen LogP contribution in [0.25, 0.3) is 0 Å². The molecular formula is C36H49ClN4O7S. The average Bonchev–Trinajstić information content (AvgIpc) is 3.22. The van der Waals surface area contributed by atoms with Gasteiger partial charge in [0, 0.05) is 50.1 Å². The van der Waals surface area contributed by atoms with E-state index >= 15 is 0 Å². The van der Waals surface area contributed by atoms with Crippen LogP contribution in [-0.2, 0) is 30.7 Å². The van der Waals surface area contributed by atoms with Crippen LogP contribution in [0, 0.1) is 11.8 Å². The molecule has 0 radical (unpaired) electrons. The van der Waals surface area contributed by atoms with Crippen molar-refractivity contribution in [3.63, 3.8) is 0 Å². The van der Waals surface area contributed by atoms with Crippen LogP contribution in [0.15, 0.2) is 53.4 Å². The molecule has 1 aliphatic carbocycles. The van der Waals surface area contributed by atoms with Crippen LogP contribution in [0.3, 0.4) is 0 Å². The van der Waals surface area contributed by atoms with Gasteiger partial charge in [0.15, 0.2) is 0 Å². The highest BCUT2D eigenvalue weighted by atomic mass is 35.5. The maximum Gasteiger partial charge on any atom is 0.410 e. The number of nitrogens with one attached hydrogen (secondary N) is 2. The zero-order valence-electron chi connectivity index (χ0n) is 29.0. The number of likely N-dealkylation sites (N-methyl/N-ethyl adjacent to an activating group) is 2. The molecule has 4 atom stereocenters. The van der Waals surface area contributed by atoms with E-state index in [1.54, 1.807) is 30.2 Å². The molecule has 1 saturated carbocycles. The number of benzene rings is 2. The molecule has 49 heavy (non-hydrogen) atoms. The van der Waals surface area contributed by atoms with Gasteiger partial charge in [0.2, 0.25) is 0 Å². The molecule has 0 spiro atoms. The van der Waals surface area contributed by atoms with Crippen molar-refractivity contribution in [3.8, 4) is 5.75 Å². The number of amides is 2. The molecule has 11 nitrogen and oxygen atoms in total. The Morgan fingerprint density at radius 3 is 2.69 bits per heavy atom. The van der Waals surface area contributed by atoms with Crippen molar-refractivity contribution in [1.29, 1.82) is 0 Å². The van der Waals surface area contributed by atoms with Gasteiger partial charge >= 0.3 is 6.09 Å². The maximum absolute atomic E-state index is 13.6. The second-order valence-corrected chi connectivity index (χ2v) is 15.8. The Morgan fingerprint density at radius 2 is 1.98 bits per heavy atom. The van der Waals surface area contributed by atoms with Crippen LogP contribution < -0.4 is 19.7 Å². The minimum Gasteiger partial charge on any atom is -0.491 e. The van der Waals surface area contributed by atoms with Gasteiger partial charge in [0.25, 0.3) is 15.9 Å². The highest BCUT2D eigenvalue weighted by Gasteiger charge is 2.41. The summed E-state index contributed by atoms with van der Waals surface area (Å²) in [6, 6.07) is 10.7. The van der Waals surface area contributed by atoms with Crippen LogP contribution in [0.5, 0.6) is 5.75 Å². The number of carbonyl (C=O) groups is 2. The standard InChI is InChI=1S/C36H49ClN4O7S/c1-6-8-24-19-27(37)11-14-29(24)26-22-41-21-25-10-13-30(25)32(48-35(43)40(5)17-16-38-4)9-7-18-47-36(2,3)34(42)39-49(44,45)28-12-15-33(46-23-26)31(41)20-28/h7,9,11-12,14-15,19-20,25-26,30,32,38H,6,8,10,13,16-18,21-23H2,1-5H3,(H,39,42)/t25?,26-,30+,32-/m0/s1. The summed E-state index contributed by atoms with van der Waals surface area (Å²) in [7, 11) is -0.693. The quantitative estimate of drug-likeness (QED) is 0.375. The highest BCUT2D eigenvalue weighted by molar-refractivity contribution is 7.90. The molecule has 2 amide bonds. The number of carbonyl (C=O) groups excluding carboxylic acids is 2. The van der Waals surface area contributed by atoms with Crippen molar-refractivity contribution in [2.45, 2.75) is 69.0 Å². The molecular weight excluding hydrogens is 668 g/mol. The average molecular weight is 717 g/mol. The number of ether oxygens (including phenoxy) is 3. The summed E-state index contributed by atoms with van der Waals surface area (Å²) in [6.45, 7) is 7.86. The number of rotatable bonds is 7. The topological polar surface area (TPSA) is 127 Å². The number of aryl methyl sites for hydroxylation is 1. The van der Waals surface area contributed by atoms with E-state index in [0.717, 1.165) is 31.2 Å². The van der Waals surface area contributed by atoms with Gasteiger partial charge in [-0.05, 0) is 93.6 Å². The predicted octanol–water partition coefficient (Wildman–Crippen LogP) is 5.13. The molecule has 2 aromatic rings. The van der Waals surface area contributed by atoms with Gasteiger partial charge < -0.3 is 29.3 Å². The molecule has 5 rings (SSSR count). The normalized spacial score (nSPS) is 24.8. The number of halogens is 1. The number of sulfonamides is 1. The largest absolute Gasteiger partial charge is 0.491 e. The third kappa shape index (κ3) is 8.71. The summed E-state index contributed by atoms with van der Waals surface area (Å²) in [5.74, 6) is -0.0973. The number of hydrogen-bond acceptors (Lipinski definition) is 9. The maximum atomic E-state index is 13.6. The molecule has 1 unspecified atom stereocenters. The van der Waals surface area contributed by atoms with Gasteiger partial charge in [0.1, 0.15) is 17.5 Å². The highest BCUT2D eigenvalue weighted by Crippen LogP contribution is 2.43. The van der Waals surface area contributed by atoms with Crippen molar-refractivity contribution in [1.82, 2.24) is 14.9 Å². The smallest absolute Gasteiger partial charge is 0.410 e. The second-order valence-electron chi connectivity index (χ2n) is 13.7. The van der Waals surface area contributed by atoms with E-state index in [0.29, 0.717) is 49.2 Å². The first kappa shape index (κ1) is 36.9. The van der Waals surface area contributed by atoms with E-state index in [4.69, 9.17) is 25.8 Å². The van der Waals surface area contributed by atoms with Crippen molar-refractivity contribution >= 4 is 39.3 Å². The fourth-order valence-corrected chi connectivity index (χ4v) is 7.98. The van der Waals surface area contributed by atoms with Crippen molar-refractivity contribution in [2.24, 2.45) is 11.8 Å². The van der Waals surface area contributed by atoms with Crippen LogP contribution in [0.2, 0.25) is 5.02 Å². The third-order valence-corrected chi connectivity index (χ3v) is 11.3. The molecule has 3 aliphatic rings. The van der Waals surface area contributed by atoms with Crippen LogP contribution in [0.4, 0.5) is 10.5 Å². The molecule has 2 bridgehead atoms. The van der Waals surface area contributed by atoms with Gasteiger partial charge in [-0.15, -0.1) is 0 Å². The zero-order chi connectivity index (χ0) is 35.3. The zero-order valence-corrected chi connectivity index (χ0v) is 30.6. The summed E-state index contributed by atoms with van der Waals surface area (Å²) in [5, 5.41) is 3.74. The molecule has 2 aromatic carbocycles. The number of nitrogens with zero attached hydrogens (tertiary/aromatic N) is 2.